The molecule has 0 spiro atoms. The van der Waals surface area contributed by atoms with E-state index in [0.717, 1.165) is 182 Å². The number of rotatable bonds is 9. The zero-order valence-corrected chi connectivity index (χ0v) is 74.7. The molecule has 0 N–H and O–H groups in total. The van der Waals surface area contributed by atoms with E-state index in [0.29, 0.717) is 33.1 Å². The van der Waals surface area contributed by atoms with Crippen molar-refractivity contribution >= 4 is 115 Å². The van der Waals surface area contributed by atoms with E-state index in [1.165, 1.54) is 41.9 Å². The van der Waals surface area contributed by atoms with Gasteiger partial charge in [0.1, 0.15) is 16.9 Å². The van der Waals surface area contributed by atoms with E-state index in [1.54, 1.807) is 18.2 Å². The van der Waals surface area contributed by atoms with E-state index in [-0.39, 0.29) is 16.7 Å². The molecule has 15 nitrogen and oxygen atoms in total. The monoisotopic (exact) mass is 1740 g/mol. The molecule has 24 aromatic rings. The van der Waals surface area contributed by atoms with E-state index in [1.807, 2.05) is 201 Å². The molecule has 0 amide bonds. The standard InChI is InChI=1S/3C36H22N2O.6C2H3N/c39-36-30-18-10-17-28-27(24-13-6-2-7-14-24)19-20-29(33(28)30)35-37-34-31(25-15-8-3-9-16-25)21-26(22-32(34)38(35)36)23-11-4-1-5-12-23;2*39-36-30-20-19-27(24-13-6-2-7-14-24)28-17-10-18-29(33(28)30)35-37-34-31(25-15-8-3-9-16-25)21-26(22-32(34)38(35)36)23-11-4-1-5-12-23;3*1-3-2;3*1-2-3/h3*1-22H;6*1H3. The quantitative estimate of drug-likeness (QED) is 0.127. The maximum Gasteiger partial charge on any atom is 0.264 e. The molecule has 0 aliphatic rings. The molecule has 642 valence electrons. The fourth-order valence-corrected chi connectivity index (χ4v) is 17.9. The van der Waals surface area contributed by atoms with Crippen LogP contribution in [0.15, 0.2) is 415 Å². The van der Waals surface area contributed by atoms with Crippen LogP contribution in [0.1, 0.15) is 20.8 Å². The van der Waals surface area contributed by atoms with Crippen molar-refractivity contribution in [2.75, 3.05) is 21.1 Å². The summed E-state index contributed by atoms with van der Waals surface area (Å²) in [6.07, 6.45) is 0. The summed E-state index contributed by atoms with van der Waals surface area (Å²) < 4.78 is 5.44. The Morgan fingerprint density at radius 3 is 0.630 bits per heavy atom. The molecule has 0 radical (unpaired) electrons. The minimum absolute atomic E-state index is 0.0416. The van der Waals surface area contributed by atoms with Gasteiger partial charge < -0.3 is 14.5 Å². The van der Waals surface area contributed by atoms with Gasteiger partial charge in [-0.25, -0.2) is 34.7 Å². The predicted molar refractivity (Wildman–Crippen MR) is 556 cm³/mol. The van der Waals surface area contributed by atoms with Crippen LogP contribution in [-0.4, -0.2) is 49.3 Å². The number of hydrogen-bond acceptors (Lipinski definition) is 9. The highest BCUT2D eigenvalue weighted by Crippen LogP contribution is 2.45. The topological polar surface area (TPSA) is 188 Å². The number of imidazole rings is 3. The predicted octanol–water partition coefficient (Wildman–Crippen LogP) is 29.0. The van der Waals surface area contributed by atoms with Gasteiger partial charge in [0.25, 0.3) is 16.7 Å². The highest BCUT2D eigenvalue weighted by molar-refractivity contribution is 6.23. The third kappa shape index (κ3) is 17.5. The zero-order chi connectivity index (χ0) is 94.0. The normalized spacial score (nSPS) is 10.5. The number of nitriles is 3. The number of benzene rings is 18. The lowest BCUT2D eigenvalue weighted by Gasteiger charge is -2.12. The van der Waals surface area contributed by atoms with Crippen LogP contribution in [0.25, 0.3) is 229 Å². The van der Waals surface area contributed by atoms with E-state index < -0.39 is 0 Å². The number of pyridine rings is 3. The number of nitrogens with zero attached hydrogens (tertiary/aromatic N) is 12. The van der Waals surface area contributed by atoms with Gasteiger partial charge in [0, 0.05) is 85.9 Å². The second-order valence-corrected chi connectivity index (χ2v) is 31.2. The first-order valence-electron chi connectivity index (χ1n) is 43.5. The van der Waals surface area contributed by atoms with Crippen LogP contribution >= 0.6 is 0 Å². The Bertz CT molecular complexity index is 8120. The Balaban J connectivity index is 0.000000135. The molecule has 0 fully saturated rings. The SMILES string of the molecule is CC#N.CC#N.CC#N.O=c1c2ccc(-c3ccccc3)c3cccc(c32)c2nc3c(-c4ccccc4)cc(-c4ccccc4)cc3n12.O=c1c2ccc(-c3ccccc3)c3cccc(c32)c2nc3c(-c4ccccc4)cc(-c4ccccc4)cc3n12.O=c1c2cccc3c(-c4ccccc4)ccc(c32)c2nc3c(-c4ccccc4)cc(-c4ccccc4)cc3n12.[C-]#[N+]C.[C-]#[N+]C.[C-]#[N+]C. The van der Waals surface area contributed by atoms with Crippen molar-refractivity contribution in [2.45, 2.75) is 20.8 Å². The van der Waals surface area contributed by atoms with Gasteiger partial charge >= 0.3 is 0 Å². The number of aromatic nitrogens is 6. The van der Waals surface area contributed by atoms with Gasteiger partial charge in [-0.1, -0.05) is 340 Å². The lowest BCUT2D eigenvalue weighted by atomic mass is 9.94. The lowest BCUT2D eigenvalue weighted by Crippen LogP contribution is -2.13. The molecule has 0 bridgehead atoms. The molecular formula is C120H84N12O3. The van der Waals surface area contributed by atoms with Gasteiger partial charge in [0.2, 0.25) is 21.1 Å². The van der Waals surface area contributed by atoms with E-state index in [4.69, 9.17) is 50.5 Å². The molecular weight excluding hydrogens is 1660 g/mol. The van der Waals surface area contributed by atoms with Crippen molar-refractivity contribution in [2.24, 2.45) is 0 Å². The van der Waals surface area contributed by atoms with Gasteiger partial charge in [0.15, 0.2) is 0 Å². The zero-order valence-electron chi connectivity index (χ0n) is 74.7. The average molecular weight is 1740 g/mol. The summed E-state index contributed by atoms with van der Waals surface area (Å²) in [6, 6.07) is 142. The third-order valence-electron chi connectivity index (χ3n) is 23.3. The molecule has 6 heterocycles. The number of fused-ring (bicyclic) bond motifs is 12. The summed E-state index contributed by atoms with van der Waals surface area (Å²) >= 11 is 0. The first kappa shape index (κ1) is 89.5. The molecule has 6 aromatic heterocycles. The highest BCUT2D eigenvalue weighted by atomic mass is 16.1. The fraction of sp³-hybridized carbons (Fsp3) is 0.0500. The van der Waals surface area contributed by atoms with Crippen molar-refractivity contribution in [3.05, 3.63) is 466 Å². The largest absolute Gasteiger partial charge is 0.320 e. The van der Waals surface area contributed by atoms with Gasteiger partial charge in [0.05, 0.1) is 51.3 Å². The van der Waals surface area contributed by atoms with Crippen molar-refractivity contribution in [3.63, 3.8) is 0 Å². The van der Waals surface area contributed by atoms with E-state index >= 15 is 0 Å². The van der Waals surface area contributed by atoms with Crippen molar-refractivity contribution in [3.8, 4) is 118 Å². The second kappa shape index (κ2) is 41.0. The lowest BCUT2D eigenvalue weighted by molar-refractivity contribution is 1.19. The van der Waals surface area contributed by atoms with Crippen LogP contribution in [0.5, 0.6) is 0 Å². The summed E-state index contributed by atoms with van der Waals surface area (Å²) in [5.41, 5.74) is 26.4. The minimum Gasteiger partial charge on any atom is -0.320 e. The molecule has 0 saturated carbocycles. The van der Waals surface area contributed by atoms with Crippen LogP contribution in [0.3, 0.4) is 0 Å². The van der Waals surface area contributed by atoms with Gasteiger partial charge in [-0.05, 0) is 160 Å². The van der Waals surface area contributed by atoms with Gasteiger partial charge in [-0.3, -0.25) is 27.6 Å². The second-order valence-electron chi connectivity index (χ2n) is 31.2. The van der Waals surface area contributed by atoms with Crippen molar-refractivity contribution < 1.29 is 0 Å². The third-order valence-corrected chi connectivity index (χ3v) is 23.3. The maximum atomic E-state index is 14.2. The Labute approximate surface area is 779 Å². The molecule has 0 aliphatic heterocycles. The molecule has 0 atom stereocenters. The smallest absolute Gasteiger partial charge is 0.264 e. The van der Waals surface area contributed by atoms with Crippen LogP contribution in [0, 0.1) is 53.7 Å². The van der Waals surface area contributed by atoms with Gasteiger partial charge in [-0.2, -0.15) is 15.8 Å². The summed E-state index contributed by atoms with van der Waals surface area (Å²) in [7, 11) is 4.25. The van der Waals surface area contributed by atoms with Crippen LogP contribution in [-0.2, 0) is 0 Å². The molecule has 0 saturated heterocycles. The molecule has 18 aromatic carbocycles. The van der Waals surface area contributed by atoms with Crippen LogP contribution in [0.4, 0.5) is 0 Å². The maximum absolute atomic E-state index is 14.2. The molecule has 15 heteroatoms. The Morgan fingerprint density at radius 2 is 0.400 bits per heavy atom. The van der Waals surface area contributed by atoms with Gasteiger partial charge in [-0.15, -0.1) is 0 Å². The minimum atomic E-state index is -0.0416. The van der Waals surface area contributed by atoms with Crippen molar-refractivity contribution in [1.82, 2.24) is 28.2 Å². The first-order valence-corrected chi connectivity index (χ1v) is 43.5. The summed E-state index contributed by atoms with van der Waals surface area (Å²) in [5, 5.41) is 33.1. The van der Waals surface area contributed by atoms with E-state index in [2.05, 4.69) is 227 Å². The van der Waals surface area contributed by atoms with E-state index in [9.17, 15) is 14.4 Å². The Morgan fingerprint density at radius 1 is 0.222 bits per heavy atom. The van der Waals surface area contributed by atoms with Crippen molar-refractivity contribution in [1.29, 1.82) is 15.8 Å². The molecule has 0 unspecified atom stereocenters. The van der Waals surface area contributed by atoms with Crippen LogP contribution < -0.4 is 16.7 Å². The summed E-state index contributed by atoms with van der Waals surface area (Å²) in [5.74, 6) is 0. The number of hydrogen-bond donors (Lipinski definition) is 0. The highest BCUT2D eigenvalue weighted by Gasteiger charge is 2.26. The Hall–Kier alpha value is -18.9. The molecule has 24 rings (SSSR count). The summed E-state index contributed by atoms with van der Waals surface area (Å²) in [4.78, 5) is 66.5. The molecule has 0 aliphatic carbocycles. The van der Waals surface area contributed by atoms with Crippen LogP contribution in [0.2, 0.25) is 0 Å². The fourth-order valence-electron chi connectivity index (χ4n) is 17.9. The first-order chi connectivity index (χ1) is 66.3. The molecule has 135 heavy (non-hydrogen) atoms. The average Bonchev–Trinajstić information content (AvgIpc) is 1.58. The Kier molecular flexibility index (Phi) is 27.2. The summed E-state index contributed by atoms with van der Waals surface area (Å²) in [6.45, 7) is 21.8.